The molecule has 2 aromatic heterocycles. The second kappa shape index (κ2) is 9.28. The topological polar surface area (TPSA) is 98.5 Å². The zero-order valence-electron chi connectivity index (χ0n) is 20.7. The summed E-state index contributed by atoms with van der Waals surface area (Å²) in [6.07, 6.45) is 0. The van der Waals surface area contributed by atoms with Crippen LogP contribution in [0, 0.1) is 13.8 Å². The first-order chi connectivity index (χ1) is 18.4. The van der Waals surface area contributed by atoms with E-state index in [1.807, 2.05) is 92.7 Å². The van der Waals surface area contributed by atoms with Crippen LogP contribution in [0.5, 0.6) is 11.5 Å². The molecule has 188 valence electrons. The molecule has 4 aromatic carbocycles. The standard InChI is InChI=1S/C29H23N5O3S/c1-19-12-17-24(18-20(19)2)38(35,36)29-28-31-27(25-10-6-7-11-26(25)34(28)33-32-29)30-21-13-15-23(16-14-21)37-22-8-4-3-5-9-22/h3-18H,1-2H3,(H,30,31). The second-order valence-corrected chi connectivity index (χ2v) is 10.8. The number of rotatable bonds is 6. The molecule has 0 aliphatic carbocycles. The predicted molar refractivity (Wildman–Crippen MR) is 146 cm³/mol. The Kier molecular flexibility index (Phi) is 5.77. The van der Waals surface area contributed by atoms with E-state index in [4.69, 9.17) is 9.72 Å². The van der Waals surface area contributed by atoms with Gasteiger partial charge < -0.3 is 10.1 Å². The van der Waals surface area contributed by atoms with E-state index in [9.17, 15) is 8.42 Å². The Morgan fingerprint density at radius 2 is 1.50 bits per heavy atom. The zero-order chi connectivity index (χ0) is 26.3. The summed E-state index contributed by atoms with van der Waals surface area (Å²) in [6, 6.07) is 29.5. The van der Waals surface area contributed by atoms with E-state index in [2.05, 4.69) is 15.6 Å². The lowest BCUT2D eigenvalue weighted by atomic mass is 10.1. The van der Waals surface area contributed by atoms with Gasteiger partial charge in [0, 0.05) is 11.1 Å². The molecule has 0 spiro atoms. The second-order valence-electron chi connectivity index (χ2n) is 8.92. The van der Waals surface area contributed by atoms with Gasteiger partial charge in [-0.05, 0) is 85.6 Å². The van der Waals surface area contributed by atoms with Gasteiger partial charge in [-0.1, -0.05) is 41.6 Å². The molecule has 1 N–H and O–H groups in total. The Labute approximate surface area is 219 Å². The molecular weight excluding hydrogens is 498 g/mol. The molecule has 0 fully saturated rings. The highest BCUT2D eigenvalue weighted by Gasteiger charge is 2.27. The zero-order valence-corrected chi connectivity index (χ0v) is 21.5. The van der Waals surface area contributed by atoms with Gasteiger partial charge in [0.1, 0.15) is 17.3 Å². The van der Waals surface area contributed by atoms with Gasteiger partial charge in [-0.25, -0.2) is 13.4 Å². The van der Waals surface area contributed by atoms with E-state index in [1.165, 1.54) is 4.52 Å². The van der Waals surface area contributed by atoms with Crippen LogP contribution in [0.2, 0.25) is 0 Å². The maximum absolute atomic E-state index is 13.6. The number of ether oxygens (including phenoxy) is 1. The van der Waals surface area contributed by atoms with Gasteiger partial charge >= 0.3 is 0 Å². The summed E-state index contributed by atoms with van der Waals surface area (Å²) in [4.78, 5) is 4.85. The molecule has 0 atom stereocenters. The van der Waals surface area contributed by atoms with Crippen LogP contribution < -0.4 is 10.1 Å². The first kappa shape index (κ1) is 23.6. The Morgan fingerprint density at radius 3 is 2.26 bits per heavy atom. The van der Waals surface area contributed by atoms with E-state index >= 15 is 0 Å². The van der Waals surface area contributed by atoms with Gasteiger partial charge in [-0.15, -0.1) is 5.10 Å². The van der Waals surface area contributed by atoms with E-state index < -0.39 is 9.84 Å². The average molecular weight is 522 g/mol. The van der Waals surface area contributed by atoms with Gasteiger partial charge in [0.05, 0.1) is 10.4 Å². The van der Waals surface area contributed by atoms with Crippen molar-refractivity contribution in [3.63, 3.8) is 0 Å². The molecule has 8 nitrogen and oxygen atoms in total. The van der Waals surface area contributed by atoms with Crippen molar-refractivity contribution in [2.75, 3.05) is 5.32 Å². The summed E-state index contributed by atoms with van der Waals surface area (Å²) in [6.45, 7) is 3.81. The summed E-state index contributed by atoms with van der Waals surface area (Å²) < 4.78 is 34.5. The van der Waals surface area contributed by atoms with E-state index in [-0.39, 0.29) is 15.6 Å². The van der Waals surface area contributed by atoms with Crippen LogP contribution in [0.1, 0.15) is 11.1 Å². The van der Waals surface area contributed by atoms with E-state index in [0.29, 0.717) is 17.1 Å². The number of aryl methyl sites for hydroxylation is 2. The molecule has 9 heteroatoms. The van der Waals surface area contributed by atoms with Crippen molar-refractivity contribution in [1.29, 1.82) is 0 Å². The van der Waals surface area contributed by atoms with Crippen molar-refractivity contribution in [2.24, 2.45) is 0 Å². The predicted octanol–water partition coefficient (Wildman–Crippen LogP) is 6.26. The molecule has 0 saturated carbocycles. The fourth-order valence-corrected chi connectivity index (χ4v) is 5.49. The maximum Gasteiger partial charge on any atom is 0.229 e. The Hall–Kier alpha value is -4.76. The summed E-state index contributed by atoms with van der Waals surface area (Å²) in [7, 11) is -3.96. The van der Waals surface area contributed by atoms with Crippen LogP contribution >= 0.6 is 0 Å². The third kappa shape index (κ3) is 4.22. The number of hydrogen-bond acceptors (Lipinski definition) is 7. The van der Waals surface area contributed by atoms with Gasteiger partial charge in [0.15, 0.2) is 5.65 Å². The van der Waals surface area contributed by atoms with Crippen LogP contribution in [0.4, 0.5) is 11.5 Å². The van der Waals surface area contributed by atoms with Crippen molar-refractivity contribution in [2.45, 2.75) is 23.8 Å². The number of aromatic nitrogens is 4. The Balaban J connectivity index is 1.41. The van der Waals surface area contributed by atoms with Crippen molar-refractivity contribution in [3.8, 4) is 11.5 Å². The fourth-order valence-electron chi connectivity index (χ4n) is 4.17. The molecule has 6 aromatic rings. The number of nitrogens with zero attached hydrogens (tertiary/aromatic N) is 4. The molecule has 0 aliphatic heterocycles. The quantitative estimate of drug-likeness (QED) is 0.276. The molecule has 38 heavy (non-hydrogen) atoms. The number of nitrogens with one attached hydrogen (secondary N) is 1. The number of fused-ring (bicyclic) bond motifs is 3. The monoisotopic (exact) mass is 521 g/mol. The van der Waals surface area contributed by atoms with Crippen molar-refractivity contribution in [1.82, 2.24) is 19.8 Å². The summed E-state index contributed by atoms with van der Waals surface area (Å²) in [5, 5.41) is 12.1. The van der Waals surface area contributed by atoms with Gasteiger partial charge in [0.2, 0.25) is 14.9 Å². The lowest BCUT2D eigenvalue weighted by Gasteiger charge is -2.12. The minimum atomic E-state index is -3.96. The normalized spacial score (nSPS) is 11.6. The highest BCUT2D eigenvalue weighted by atomic mass is 32.2. The Morgan fingerprint density at radius 1 is 0.789 bits per heavy atom. The smallest absolute Gasteiger partial charge is 0.229 e. The highest BCUT2D eigenvalue weighted by Crippen LogP contribution is 2.31. The lowest BCUT2D eigenvalue weighted by Crippen LogP contribution is -2.06. The van der Waals surface area contributed by atoms with Crippen LogP contribution in [0.25, 0.3) is 16.6 Å². The summed E-state index contributed by atoms with van der Waals surface area (Å²) in [5.74, 6) is 1.93. The van der Waals surface area contributed by atoms with E-state index in [1.54, 1.807) is 18.2 Å². The molecule has 6 rings (SSSR count). The largest absolute Gasteiger partial charge is 0.457 e. The van der Waals surface area contributed by atoms with Crippen molar-refractivity contribution < 1.29 is 13.2 Å². The molecule has 0 unspecified atom stereocenters. The number of hydrogen-bond donors (Lipinski definition) is 1. The lowest BCUT2D eigenvalue weighted by molar-refractivity contribution is 0.483. The first-order valence-corrected chi connectivity index (χ1v) is 13.4. The highest BCUT2D eigenvalue weighted by molar-refractivity contribution is 7.91. The van der Waals surface area contributed by atoms with Gasteiger partial charge in [-0.2, -0.15) is 4.52 Å². The SMILES string of the molecule is Cc1ccc(S(=O)(=O)c2nnn3c2nc(Nc2ccc(Oc4ccccc4)cc2)c2ccccc23)cc1C. The Bertz CT molecular complexity index is 1900. The van der Waals surface area contributed by atoms with Crippen LogP contribution in [0.3, 0.4) is 0 Å². The van der Waals surface area contributed by atoms with Crippen LogP contribution in [-0.4, -0.2) is 28.2 Å². The van der Waals surface area contributed by atoms with Crippen molar-refractivity contribution in [3.05, 3.63) is 108 Å². The molecule has 0 saturated heterocycles. The first-order valence-electron chi connectivity index (χ1n) is 12.0. The maximum atomic E-state index is 13.6. The third-order valence-electron chi connectivity index (χ3n) is 6.36. The van der Waals surface area contributed by atoms with E-state index in [0.717, 1.165) is 28.0 Å². The van der Waals surface area contributed by atoms with Crippen LogP contribution in [-0.2, 0) is 9.84 Å². The molecule has 0 amide bonds. The minimum absolute atomic E-state index is 0.147. The molecule has 2 heterocycles. The number of anilines is 2. The number of para-hydroxylation sites is 2. The molecule has 0 bridgehead atoms. The molecule has 0 radical (unpaired) electrons. The fraction of sp³-hybridized carbons (Fsp3) is 0.0690. The van der Waals surface area contributed by atoms with Crippen molar-refractivity contribution >= 4 is 37.9 Å². The summed E-state index contributed by atoms with van der Waals surface area (Å²) >= 11 is 0. The minimum Gasteiger partial charge on any atom is -0.457 e. The average Bonchev–Trinajstić information content (AvgIpc) is 3.37. The van der Waals surface area contributed by atoms with Crippen LogP contribution in [0.15, 0.2) is 107 Å². The molecular formula is C29H23N5O3S. The molecule has 0 aliphatic rings. The number of sulfone groups is 1. The number of benzene rings is 4. The van der Waals surface area contributed by atoms with Gasteiger partial charge in [0.25, 0.3) is 0 Å². The third-order valence-corrected chi connectivity index (χ3v) is 8.01. The van der Waals surface area contributed by atoms with Gasteiger partial charge in [-0.3, -0.25) is 0 Å². The summed E-state index contributed by atoms with van der Waals surface area (Å²) in [5.41, 5.74) is 3.47.